The lowest BCUT2D eigenvalue weighted by molar-refractivity contribution is -0.119. The Morgan fingerprint density at radius 1 is 0.939 bits per heavy atom. The number of nitrogens with one attached hydrogen (secondary N) is 1. The first-order chi connectivity index (χ1) is 16.2. The van der Waals surface area contributed by atoms with Gasteiger partial charge >= 0.3 is 0 Å². The highest BCUT2D eigenvalue weighted by molar-refractivity contribution is 8.01. The molecule has 4 aromatic rings. The van der Waals surface area contributed by atoms with Crippen LogP contribution >= 0.6 is 11.8 Å². The highest BCUT2D eigenvalue weighted by Crippen LogP contribution is 2.24. The third kappa shape index (κ3) is 4.64. The van der Waals surface area contributed by atoms with E-state index in [2.05, 4.69) is 10.4 Å². The Kier molecular flexibility index (Phi) is 6.13. The molecule has 5 rings (SSSR count). The fourth-order valence-corrected chi connectivity index (χ4v) is 4.91. The number of thioether (sulfide) groups is 1. The summed E-state index contributed by atoms with van der Waals surface area (Å²) in [7, 11) is 0. The molecule has 1 N–H and O–H groups in total. The molecule has 1 saturated heterocycles. The third-order valence-corrected chi connectivity index (χ3v) is 6.75. The van der Waals surface area contributed by atoms with E-state index in [1.807, 2.05) is 78.9 Å². The van der Waals surface area contributed by atoms with Crippen molar-refractivity contribution in [1.29, 1.82) is 0 Å². The van der Waals surface area contributed by atoms with Gasteiger partial charge in [0.05, 0.1) is 28.8 Å². The molecule has 2 heterocycles. The molecule has 166 valence electrons. The van der Waals surface area contributed by atoms with Gasteiger partial charge in [-0.1, -0.05) is 60.7 Å². The Hall–Kier alpha value is -3.58. The van der Waals surface area contributed by atoms with Crippen LogP contribution in [0, 0.1) is 0 Å². The lowest BCUT2D eigenvalue weighted by Gasteiger charge is -2.12. The third-order valence-electron chi connectivity index (χ3n) is 5.65. The number of ether oxygens (including phenoxy) is 1. The summed E-state index contributed by atoms with van der Waals surface area (Å²) in [5, 5.41) is 8.96. The van der Waals surface area contributed by atoms with E-state index in [0.29, 0.717) is 30.8 Å². The van der Waals surface area contributed by atoms with Gasteiger partial charge in [-0.25, -0.2) is 4.68 Å². The summed E-state index contributed by atoms with van der Waals surface area (Å²) >= 11 is 1.63. The van der Waals surface area contributed by atoms with Gasteiger partial charge in [-0.05, 0) is 30.2 Å². The molecule has 1 aliphatic rings. The lowest BCUT2D eigenvalue weighted by Crippen LogP contribution is -2.26. The van der Waals surface area contributed by atoms with Crippen molar-refractivity contribution < 1.29 is 9.53 Å². The molecule has 6 nitrogen and oxygen atoms in total. The number of hydrogen-bond donors (Lipinski definition) is 1. The Bertz CT molecular complexity index is 1340. The van der Waals surface area contributed by atoms with Gasteiger partial charge in [-0.3, -0.25) is 9.59 Å². The first kappa shape index (κ1) is 21.3. The summed E-state index contributed by atoms with van der Waals surface area (Å²) in [4.78, 5) is 24.8. The van der Waals surface area contributed by atoms with E-state index in [-0.39, 0.29) is 16.7 Å². The van der Waals surface area contributed by atoms with Crippen LogP contribution < -0.4 is 15.6 Å². The molecule has 1 amide bonds. The van der Waals surface area contributed by atoms with Crippen LogP contribution in [0.15, 0.2) is 83.7 Å². The van der Waals surface area contributed by atoms with Gasteiger partial charge in [0.15, 0.2) is 0 Å². The number of aromatic nitrogens is 2. The number of carbonyl (C=O) groups excluding carboxylic acids is 1. The summed E-state index contributed by atoms with van der Waals surface area (Å²) in [6.07, 6.45) is 0.704. The number of nitrogens with zero attached hydrogens (tertiary/aromatic N) is 2. The molecule has 0 spiro atoms. The van der Waals surface area contributed by atoms with Crippen molar-refractivity contribution in [3.05, 3.63) is 94.8 Å². The molecule has 0 radical (unpaired) electrons. The van der Waals surface area contributed by atoms with Crippen molar-refractivity contribution in [2.24, 2.45) is 0 Å². The van der Waals surface area contributed by atoms with Crippen molar-refractivity contribution in [1.82, 2.24) is 15.1 Å². The van der Waals surface area contributed by atoms with Crippen LogP contribution in [0.5, 0.6) is 5.75 Å². The van der Waals surface area contributed by atoms with Crippen molar-refractivity contribution in [3.8, 4) is 17.0 Å². The molecule has 0 bridgehead atoms. The molecular weight excluding hydrogens is 434 g/mol. The zero-order chi connectivity index (χ0) is 22.6. The van der Waals surface area contributed by atoms with E-state index in [9.17, 15) is 9.59 Å². The molecule has 1 atom stereocenters. The minimum atomic E-state index is -0.128. The topological polar surface area (TPSA) is 73.2 Å². The zero-order valence-corrected chi connectivity index (χ0v) is 18.8. The van der Waals surface area contributed by atoms with E-state index >= 15 is 0 Å². The molecule has 3 aromatic carbocycles. The van der Waals surface area contributed by atoms with Crippen molar-refractivity contribution in [2.45, 2.75) is 18.2 Å². The lowest BCUT2D eigenvalue weighted by atomic mass is 10.1. The largest absolute Gasteiger partial charge is 0.492 e. The molecule has 1 unspecified atom stereocenters. The van der Waals surface area contributed by atoms with Gasteiger partial charge in [-0.15, -0.1) is 11.8 Å². The molecule has 1 aromatic heterocycles. The molecule has 33 heavy (non-hydrogen) atoms. The highest BCUT2D eigenvalue weighted by Gasteiger charge is 2.24. The molecule has 0 aliphatic carbocycles. The van der Waals surface area contributed by atoms with Gasteiger partial charge < -0.3 is 10.1 Å². The number of carbonyl (C=O) groups is 1. The monoisotopic (exact) mass is 457 g/mol. The van der Waals surface area contributed by atoms with Crippen molar-refractivity contribution >= 4 is 28.4 Å². The summed E-state index contributed by atoms with van der Waals surface area (Å²) in [5.41, 5.74) is 2.71. The highest BCUT2D eigenvalue weighted by atomic mass is 32.2. The average molecular weight is 458 g/mol. The van der Waals surface area contributed by atoms with Crippen molar-refractivity contribution in [3.63, 3.8) is 0 Å². The normalized spacial score (nSPS) is 15.5. The van der Waals surface area contributed by atoms with Crippen LogP contribution in [-0.2, 0) is 17.8 Å². The zero-order valence-electron chi connectivity index (χ0n) is 17.9. The maximum absolute atomic E-state index is 13.0. The average Bonchev–Trinajstić information content (AvgIpc) is 3.26. The van der Waals surface area contributed by atoms with Gasteiger partial charge in [0.2, 0.25) is 5.91 Å². The minimum absolute atomic E-state index is 0.0265. The summed E-state index contributed by atoms with van der Waals surface area (Å²) in [6.45, 7) is 0.657. The molecule has 1 aliphatic heterocycles. The maximum Gasteiger partial charge on any atom is 0.274 e. The second-order valence-corrected chi connectivity index (χ2v) is 9.02. The predicted molar refractivity (Wildman–Crippen MR) is 131 cm³/mol. The number of fused-ring (bicyclic) bond motifs is 1. The second-order valence-electron chi connectivity index (χ2n) is 7.83. The first-order valence-corrected chi connectivity index (χ1v) is 11.9. The van der Waals surface area contributed by atoms with Crippen LogP contribution in [0.1, 0.15) is 5.56 Å². The Morgan fingerprint density at radius 2 is 1.67 bits per heavy atom. The smallest absolute Gasteiger partial charge is 0.274 e. The Morgan fingerprint density at radius 3 is 2.39 bits per heavy atom. The Labute approximate surface area is 195 Å². The standard InChI is InChI=1S/C26H23N3O3S/c30-25-23(33-17-27-25)16-18-10-12-20(13-11-18)32-15-14-29-26(31)22-9-5-4-8-21(22)24(28-29)19-6-2-1-3-7-19/h1-13,23H,14-17H2,(H,27,30). The molecule has 0 saturated carbocycles. The number of benzene rings is 3. The van der Waals surface area contributed by atoms with E-state index < -0.39 is 0 Å². The molecule has 7 heteroatoms. The molecular formula is C26H23N3O3S. The fourth-order valence-electron chi connectivity index (χ4n) is 3.94. The van der Waals surface area contributed by atoms with E-state index in [1.165, 1.54) is 4.68 Å². The number of amides is 1. The van der Waals surface area contributed by atoms with Gasteiger partial charge in [-0.2, -0.15) is 5.10 Å². The summed E-state index contributed by atoms with van der Waals surface area (Å²) < 4.78 is 7.37. The van der Waals surface area contributed by atoms with Crippen LogP contribution in [0.25, 0.3) is 22.0 Å². The van der Waals surface area contributed by atoms with E-state index in [0.717, 1.165) is 28.0 Å². The quantitative estimate of drug-likeness (QED) is 0.456. The van der Waals surface area contributed by atoms with Crippen LogP contribution in [0.4, 0.5) is 0 Å². The van der Waals surface area contributed by atoms with E-state index in [1.54, 1.807) is 11.8 Å². The van der Waals surface area contributed by atoms with Crippen LogP contribution in [0.3, 0.4) is 0 Å². The van der Waals surface area contributed by atoms with E-state index in [4.69, 9.17) is 4.74 Å². The first-order valence-electron chi connectivity index (χ1n) is 10.9. The fraction of sp³-hybridized carbons (Fsp3) is 0.192. The minimum Gasteiger partial charge on any atom is -0.492 e. The van der Waals surface area contributed by atoms with Gasteiger partial charge in [0, 0.05) is 10.9 Å². The van der Waals surface area contributed by atoms with Gasteiger partial charge in [0.1, 0.15) is 12.4 Å². The van der Waals surface area contributed by atoms with Crippen LogP contribution in [0.2, 0.25) is 0 Å². The Balaban J connectivity index is 1.30. The molecule has 1 fully saturated rings. The number of rotatable bonds is 7. The van der Waals surface area contributed by atoms with Gasteiger partial charge in [0.25, 0.3) is 5.56 Å². The van der Waals surface area contributed by atoms with Crippen LogP contribution in [-0.4, -0.2) is 33.4 Å². The SMILES string of the molecule is O=C1NCSC1Cc1ccc(OCCn2nc(-c3ccccc3)c3ccccc3c2=O)cc1. The summed E-state index contributed by atoms with van der Waals surface area (Å²) in [5.74, 6) is 1.50. The summed E-state index contributed by atoms with van der Waals surface area (Å²) in [6, 6.07) is 25.2. The number of hydrogen-bond acceptors (Lipinski definition) is 5. The maximum atomic E-state index is 13.0. The van der Waals surface area contributed by atoms with Crippen molar-refractivity contribution in [2.75, 3.05) is 12.5 Å². The predicted octanol–water partition coefficient (Wildman–Crippen LogP) is 3.87. The second kappa shape index (κ2) is 9.50.